The zero-order valence-electron chi connectivity index (χ0n) is 23.5. The number of likely N-dealkylation sites (tertiary alicyclic amines) is 1. The fraction of sp³-hybridized carbons (Fsp3) is 0.290. The zero-order chi connectivity index (χ0) is 30.6. The van der Waals surface area contributed by atoms with Crippen LogP contribution in [0.3, 0.4) is 0 Å². The molecule has 0 aliphatic carbocycles. The lowest BCUT2D eigenvalue weighted by Crippen LogP contribution is -2.48. The molecule has 0 bridgehead atoms. The van der Waals surface area contributed by atoms with E-state index in [1.165, 1.54) is 36.4 Å². The maximum absolute atomic E-state index is 13.5. The number of imidazole rings is 1. The molecule has 1 saturated heterocycles. The van der Waals surface area contributed by atoms with Crippen LogP contribution in [-0.2, 0) is 19.3 Å². The normalized spacial score (nSPS) is 14.4. The average Bonchev–Trinajstić information content (AvgIpc) is 3.36. The van der Waals surface area contributed by atoms with Gasteiger partial charge in [0.1, 0.15) is 5.82 Å². The number of aromatic nitrogens is 2. The molecule has 1 aliphatic heterocycles. The molecule has 1 aromatic heterocycles. The lowest BCUT2D eigenvalue weighted by atomic mass is 10.0. The highest BCUT2D eigenvalue weighted by Gasteiger charge is 2.31. The van der Waals surface area contributed by atoms with Gasteiger partial charge in [-0.3, -0.25) is 15.0 Å². The molecule has 1 fully saturated rings. The van der Waals surface area contributed by atoms with E-state index in [4.69, 9.17) is 0 Å². The van der Waals surface area contributed by atoms with Crippen LogP contribution in [0, 0.1) is 17.0 Å². The molecule has 1 aliphatic rings. The third kappa shape index (κ3) is 7.39. The number of nitro groups is 1. The van der Waals surface area contributed by atoms with Crippen LogP contribution >= 0.6 is 0 Å². The Kier molecular flexibility index (Phi) is 8.76. The van der Waals surface area contributed by atoms with Gasteiger partial charge in [-0.15, -0.1) is 0 Å². The van der Waals surface area contributed by atoms with Gasteiger partial charge in [-0.1, -0.05) is 42.5 Å². The highest BCUT2D eigenvalue weighted by atomic mass is 19.4. The largest absolute Gasteiger partial charge is 0.416 e. The topological polar surface area (TPSA) is 107 Å². The lowest BCUT2D eigenvalue weighted by Gasteiger charge is -2.38. The summed E-state index contributed by atoms with van der Waals surface area (Å²) >= 11 is 0. The number of nitro benzene ring substituents is 1. The number of carbonyl (C=O) groups is 1. The summed E-state index contributed by atoms with van der Waals surface area (Å²) in [5.41, 5.74) is 2.97. The van der Waals surface area contributed by atoms with Crippen molar-refractivity contribution in [3.8, 4) is 11.4 Å². The Balaban J connectivity index is 1.23. The zero-order valence-corrected chi connectivity index (χ0v) is 23.5. The first-order chi connectivity index (χ1) is 20.6. The molecule has 0 radical (unpaired) electrons. The molecular formula is C31H31F3N6O3. The van der Waals surface area contributed by atoms with Crippen LogP contribution in [0.5, 0.6) is 0 Å². The number of piperidine rings is 1. The number of aromatic amines is 1. The first kappa shape index (κ1) is 29.8. The van der Waals surface area contributed by atoms with Gasteiger partial charge in [-0.25, -0.2) is 9.78 Å². The van der Waals surface area contributed by atoms with E-state index in [0.29, 0.717) is 30.2 Å². The Hall–Kier alpha value is -4.71. The van der Waals surface area contributed by atoms with E-state index >= 15 is 0 Å². The summed E-state index contributed by atoms with van der Waals surface area (Å²) in [5, 5.41) is 13.9. The summed E-state index contributed by atoms with van der Waals surface area (Å²) in [4.78, 5) is 35.9. The van der Waals surface area contributed by atoms with Gasteiger partial charge in [0.15, 0.2) is 0 Å². The summed E-state index contributed by atoms with van der Waals surface area (Å²) in [6, 6.07) is 20.1. The number of rotatable bonds is 8. The van der Waals surface area contributed by atoms with Crippen LogP contribution < -0.4 is 5.32 Å². The Morgan fingerprint density at radius 3 is 2.30 bits per heavy atom. The van der Waals surface area contributed by atoms with Crippen LogP contribution in [0.4, 0.5) is 29.3 Å². The predicted molar refractivity (Wildman–Crippen MR) is 156 cm³/mol. The number of anilines is 1. The smallest absolute Gasteiger partial charge is 0.342 e. The molecule has 2 amide bonds. The molecule has 5 rings (SSSR count). The van der Waals surface area contributed by atoms with E-state index in [1.807, 2.05) is 42.2 Å². The van der Waals surface area contributed by atoms with Crippen LogP contribution in [-0.4, -0.2) is 49.9 Å². The first-order valence-electron chi connectivity index (χ1n) is 13.9. The Bertz CT molecular complexity index is 1550. The molecular weight excluding hydrogens is 561 g/mol. The van der Waals surface area contributed by atoms with E-state index in [0.717, 1.165) is 55.0 Å². The van der Waals surface area contributed by atoms with Crippen molar-refractivity contribution in [2.24, 2.45) is 0 Å². The third-order valence-electron chi connectivity index (χ3n) is 7.63. The molecule has 9 nitrogen and oxygen atoms in total. The van der Waals surface area contributed by atoms with Gasteiger partial charge in [0.2, 0.25) is 0 Å². The number of amides is 2. The number of aryl methyl sites for hydroxylation is 1. The fourth-order valence-electron chi connectivity index (χ4n) is 5.21. The standard InChI is InChI=1S/C31H31F3N6O3/c1-21-28(37-29(35-21)23-7-9-24(10-8-23)31(32,33)34)20-38-17-15-26(16-18-38)39(19-22-5-3-2-4-6-22)30(41)36-25-11-13-27(14-12-25)40(42)43/h2-14,26H,15-20H2,1H3,(H,35,37)(H,36,41). The minimum absolute atomic E-state index is 0.0301. The van der Waals surface area contributed by atoms with Crippen molar-refractivity contribution < 1.29 is 22.9 Å². The number of hydrogen-bond acceptors (Lipinski definition) is 5. The summed E-state index contributed by atoms with van der Waals surface area (Å²) in [7, 11) is 0. The number of carbonyl (C=O) groups excluding carboxylic acids is 1. The van der Waals surface area contributed by atoms with Gasteiger partial charge in [-0.2, -0.15) is 13.2 Å². The number of alkyl halides is 3. The predicted octanol–water partition coefficient (Wildman–Crippen LogP) is 7.01. The van der Waals surface area contributed by atoms with E-state index < -0.39 is 16.7 Å². The minimum Gasteiger partial charge on any atom is -0.342 e. The Morgan fingerprint density at radius 1 is 1.05 bits per heavy atom. The van der Waals surface area contributed by atoms with Crippen molar-refractivity contribution in [2.75, 3.05) is 18.4 Å². The number of urea groups is 1. The summed E-state index contributed by atoms with van der Waals surface area (Å²) < 4.78 is 38.8. The second kappa shape index (κ2) is 12.7. The van der Waals surface area contributed by atoms with Crippen molar-refractivity contribution >= 4 is 17.4 Å². The first-order valence-corrected chi connectivity index (χ1v) is 13.9. The maximum atomic E-state index is 13.5. The Labute approximate surface area is 246 Å². The number of benzene rings is 3. The van der Waals surface area contributed by atoms with Crippen LogP contribution in [0.1, 0.15) is 35.4 Å². The summed E-state index contributed by atoms with van der Waals surface area (Å²) in [6.45, 7) is 4.33. The van der Waals surface area contributed by atoms with Gasteiger partial charge < -0.3 is 15.2 Å². The number of hydrogen-bond donors (Lipinski definition) is 2. The van der Waals surface area contributed by atoms with Crippen LogP contribution in [0.15, 0.2) is 78.9 Å². The molecule has 0 atom stereocenters. The molecule has 2 heterocycles. The van der Waals surface area contributed by atoms with E-state index in [9.17, 15) is 28.1 Å². The van der Waals surface area contributed by atoms with Gasteiger partial charge >= 0.3 is 12.2 Å². The SMILES string of the molecule is Cc1[nH]c(-c2ccc(C(F)(F)F)cc2)nc1CN1CCC(N(Cc2ccccc2)C(=O)Nc2ccc([N+](=O)[O-])cc2)CC1. The van der Waals surface area contributed by atoms with Gasteiger partial charge in [0, 0.05) is 61.3 Å². The molecule has 3 aromatic carbocycles. The van der Waals surface area contributed by atoms with E-state index in [1.54, 1.807) is 0 Å². The quantitative estimate of drug-likeness (QED) is 0.169. The van der Waals surface area contributed by atoms with Crippen molar-refractivity contribution in [3.63, 3.8) is 0 Å². The number of nitrogens with zero attached hydrogens (tertiary/aromatic N) is 4. The summed E-state index contributed by atoms with van der Waals surface area (Å²) in [6.07, 6.45) is -2.93. The molecule has 0 saturated carbocycles. The minimum atomic E-state index is -4.39. The number of halogens is 3. The van der Waals surface area contributed by atoms with Crippen molar-refractivity contribution in [2.45, 2.75) is 45.1 Å². The molecule has 224 valence electrons. The van der Waals surface area contributed by atoms with E-state index in [2.05, 4.69) is 20.2 Å². The monoisotopic (exact) mass is 592 g/mol. The number of nitrogens with one attached hydrogen (secondary N) is 2. The molecule has 4 aromatic rings. The second-order valence-corrected chi connectivity index (χ2v) is 10.6. The molecule has 12 heteroatoms. The lowest BCUT2D eigenvalue weighted by molar-refractivity contribution is -0.384. The van der Waals surface area contributed by atoms with Crippen molar-refractivity contribution in [1.82, 2.24) is 19.8 Å². The number of H-pyrrole nitrogens is 1. The van der Waals surface area contributed by atoms with Crippen LogP contribution in [0.2, 0.25) is 0 Å². The second-order valence-electron chi connectivity index (χ2n) is 10.6. The summed E-state index contributed by atoms with van der Waals surface area (Å²) in [5.74, 6) is 0.521. The van der Waals surface area contributed by atoms with Gasteiger partial charge in [0.25, 0.3) is 5.69 Å². The number of non-ortho nitro benzene ring substituents is 1. The van der Waals surface area contributed by atoms with Crippen molar-refractivity contribution in [1.29, 1.82) is 0 Å². The molecule has 0 unspecified atom stereocenters. The highest BCUT2D eigenvalue weighted by Crippen LogP contribution is 2.31. The fourth-order valence-corrected chi connectivity index (χ4v) is 5.21. The third-order valence-corrected chi connectivity index (χ3v) is 7.63. The Morgan fingerprint density at radius 2 is 1.70 bits per heavy atom. The maximum Gasteiger partial charge on any atom is 0.416 e. The molecule has 43 heavy (non-hydrogen) atoms. The molecule has 0 spiro atoms. The van der Waals surface area contributed by atoms with Gasteiger partial charge in [0.05, 0.1) is 16.2 Å². The van der Waals surface area contributed by atoms with Crippen molar-refractivity contribution in [3.05, 3.63) is 111 Å². The molecule has 2 N–H and O–H groups in total. The van der Waals surface area contributed by atoms with Crippen LogP contribution in [0.25, 0.3) is 11.4 Å². The highest BCUT2D eigenvalue weighted by molar-refractivity contribution is 5.89. The average molecular weight is 593 g/mol. The van der Waals surface area contributed by atoms with Gasteiger partial charge in [-0.05, 0) is 49.6 Å². The van der Waals surface area contributed by atoms with E-state index in [-0.39, 0.29) is 17.8 Å².